The van der Waals surface area contributed by atoms with Crippen LogP contribution in [0.25, 0.3) is 0 Å². The number of carbonyl (C=O) groups excluding carboxylic acids is 4. The van der Waals surface area contributed by atoms with Crippen LogP contribution in [0.1, 0.15) is 29.9 Å². The summed E-state index contributed by atoms with van der Waals surface area (Å²) in [5.74, 6) is -5.99. The van der Waals surface area contributed by atoms with Crippen LogP contribution in [0.2, 0.25) is 0 Å². The Morgan fingerprint density at radius 2 is 1.62 bits per heavy atom. The molecule has 4 aliphatic rings. The second-order valence-electron chi connectivity index (χ2n) is 13.1. The van der Waals surface area contributed by atoms with E-state index in [1.165, 1.54) is 31.1 Å². The van der Waals surface area contributed by atoms with Gasteiger partial charge in [0.25, 0.3) is 0 Å². The van der Waals surface area contributed by atoms with Gasteiger partial charge in [0, 0.05) is 61.0 Å². The van der Waals surface area contributed by atoms with Crippen LogP contribution in [0.15, 0.2) is 94.0 Å². The van der Waals surface area contributed by atoms with Crippen LogP contribution in [0.3, 0.4) is 0 Å². The molecule has 1 aliphatic heterocycles. The molecule has 3 aromatic carbocycles. The molecule has 1 saturated heterocycles. The second kappa shape index (κ2) is 13.0. The number of nitro benzene ring substituents is 2. The number of rotatable bonds is 8. The van der Waals surface area contributed by atoms with E-state index in [1.807, 2.05) is 30.3 Å². The molecule has 0 aromatic heterocycles. The van der Waals surface area contributed by atoms with Gasteiger partial charge in [-0.15, -0.1) is 0 Å². The van der Waals surface area contributed by atoms with E-state index in [0.717, 1.165) is 22.6 Å². The van der Waals surface area contributed by atoms with Crippen molar-refractivity contribution in [1.29, 1.82) is 0 Å². The van der Waals surface area contributed by atoms with Crippen molar-refractivity contribution in [2.75, 3.05) is 23.9 Å². The highest BCUT2D eigenvalue weighted by atomic mass is 79.9. The smallest absolute Gasteiger partial charge is 0.301 e. The Morgan fingerprint density at radius 3 is 2.23 bits per heavy atom. The number of hydrogen-bond acceptors (Lipinski definition) is 11. The molecular weight excluding hydrogens is 740 g/mol. The number of fused-ring (bicyclic) bond motifs is 3. The zero-order chi connectivity index (χ0) is 37.2. The number of aromatic hydroxyl groups is 1. The van der Waals surface area contributed by atoms with Crippen molar-refractivity contribution >= 4 is 62.1 Å². The minimum Gasteiger partial charge on any atom is -0.507 e. The average Bonchev–Trinajstić information content (AvgIpc) is 3.37. The lowest BCUT2D eigenvalue weighted by Gasteiger charge is -2.42. The first-order chi connectivity index (χ1) is 24.8. The highest BCUT2D eigenvalue weighted by molar-refractivity contribution is 9.12. The first-order valence-corrected chi connectivity index (χ1v) is 17.0. The molecule has 1 heterocycles. The molecule has 1 fully saturated rings. The van der Waals surface area contributed by atoms with Crippen molar-refractivity contribution in [3.8, 4) is 11.5 Å². The Bertz CT molecular complexity index is 2190. The highest BCUT2D eigenvalue weighted by Gasteiger charge is 2.57. The zero-order valence-electron chi connectivity index (χ0n) is 27.6. The van der Waals surface area contributed by atoms with Gasteiger partial charge in [-0.3, -0.25) is 39.4 Å². The fourth-order valence-corrected chi connectivity index (χ4v) is 8.32. The van der Waals surface area contributed by atoms with Gasteiger partial charge in [0.15, 0.2) is 17.3 Å². The van der Waals surface area contributed by atoms with Gasteiger partial charge in [0.2, 0.25) is 11.8 Å². The van der Waals surface area contributed by atoms with Gasteiger partial charge in [0.05, 0.1) is 31.9 Å². The molecular formula is C37H29BrN4O10. The number of Topliss-reactive ketones (excluding diaryl/α,β-unsaturated/α-hetero) is 1. The van der Waals surface area contributed by atoms with Crippen LogP contribution in [0.5, 0.6) is 11.5 Å². The lowest BCUT2D eigenvalue weighted by atomic mass is 9.59. The van der Waals surface area contributed by atoms with E-state index in [-0.39, 0.29) is 52.2 Å². The summed E-state index contributed by atoms with van der Waals surface area (Å²) in [6, 6.07) is 16.0. The first kappa shape index (κ1) is 34.5. The van der Waals surface area contributed by atoms with Gasteiger partial charge in [-0.2, -0.15) is 0 Å². The summed E-state index contributed by atoms with van der Waals surface area (Å²) in [4.78, 5) is 80.1. The Balaban J connectivity index is 1.30. The van der Waals surface area contributed by atoms with Crippen molar-refractivity contribution in [2.24, 2.45) is 17.8 Å². The third-order valence-electron chi connectivity index (χ3n) is 10.0. The maximum atomic E-state index is 14.4. The molecule has 14 nitrogen and oxygen atoms in total. The number of halogens is 1. The molecule has 15 heteroatoms. The molecule has 0 radical (unpaired) electrons. The topological polar surface area (TPSA) is 190 Å². The van der Waals surface area contributed by atoms with Crippen LogP contribution in [0.4, 0.5) is 22.7 Å². The summed E-state index contributed by atoms with van der Waals surface area (Å²) in [6.07, 6.45) is 2.90. The largest absolute Gasteiger partial charge is 0.507 e. The number of anilines is 2. The van der Waals surface area contributed by atoms with Crippen LogP contribution in [-0.4, -0.2) is 52.4 Å². The number of ether oxygens (including phenoxy) is 1. The molecule has 7 rings (SSSR count). The fourth-order valence-electron chi connectivity index (χ4n) is 7.87. The molecule has 4 unspecified atom stereocenters. The molecule has 264 valence electrons. The molecule has 4 atom stereocenters. The van der Waals surface area contributed by atoms with E-state index < -0.39 is 68.3 Å². The summed E-state index contributed by atoms with van der Waals surface area (Å²) >= 11 is 3.18. The summed E-state index contributed by atoms with van der Waals surface area (Å²) in [5.41, 5.74) is 0.104. The highest BCUT2D eigenvalue weighted by Crippen LogP contribution is 2.57. The number of nitro groups is 2. The number of ketones is 2. The number of benzene rings is 3. The number of allylic oxidation sites excluding steroid dienone is 6. The number of phenolic OH excluding ortho intramolecular Hbond substituents is 1. The van der Waals surface area contributed by atoms with Gasteiger partial charge in [0.1, 0.15) is 18.1 Å². The third-order valence-corrected chi connectivity index (χ3v) is 10.6. The Hall–Kier alpha value is -5.96. The Labute approximate surface area is 304 Å². The van der Waals surface area contributed by atoms with Crippen molar-refractivity contribution in [2.45, 2.75) is 25.4 Å². The van der Waals surface area contributed by atoms with Crippen LogP contribution >= 0.6 is 15.9 Å². The molecule has 52 heavy (non-hydrogen) atoms. The second-order valence-corrected chi connectivity index (χ2v) is 14.0. The van der Waals surface area contributed by atoms with Crippen molar-refractivity contribution in [3.05, 3.63) is 125 Å². The Kier molecular flexibility index (Phi) is 8.61. The predicted molar refractivity (Wildman–Crippen MR) is 190 cm³/mol. The minimum atomic E-state index is -1.07. The monoisotopic (exact) mass is 768 g/mol. The SMILES string of the molecule is CN(C)c1c([N+](=O)[O-])cc(N2C(=O)C3CC=C4C(c5ccc(OCc6ccccc6)cc5O)C5=C(CC4C3C2=O)C(=O)C(Br)=CC5=O)cc1[N+](=O)[O-]. The average molecular weight is 770 g/mol. The molecule has 2 amide bonds. The van der Waals surface area contributed by atoms with Crippen LogP contribution in [0, 0.1) is 38.0 Å². The summed E-state index contributed by atoms with van der Waals surface area (Å²) in [7, 11) is 2.80. The minimum absolute atomic E-state index is 0.0275. The fraction of sp³-hybridized carbons (Fsp3) is 0.243. The number of phenols is 1. The van der Waals surface area contributed by atoms with E-state index in [4.69, 9.17) is 4.74 Å². The first-order valence-electron chi connectivity index (χ1n) is 16.2. The van der Waals surface area contributed by atoms with Gasteiger partial charge in [-0.25, -0.2) is 4.90 Å². The number of carbonyl (C=O) groups is 4. The maximum absolute atomic E-state index is 14.4. The number of nitrogens with zero attached hydrogens (tertiary/aromatic N) is 4. The molecule has 0 bridgehead atoms. The zero-order valence-corrected chi connectivity index (χ0v) is 29.2. The standard InChI is InChI=1S/C37H29BrN4O10/c1-39(2)34-27(41(48)49)12-19(13-28(34)42(50)51)40-36(46)23-11-10-21-24(32(23)37(40)47)15-25-33(30(44)16-26(38)35(25)45)31(21)22-9-8-20(14-29(22)43)52-17-18-6-4-3-5-7-18/h3-10,12-14,16,23-24,31-32,43H,11,15,17H2,1-2H3. The van der Waals surface area contributed by atoms with E-state index in [1.54, 1.807) is 18.2 Å². The normalized spacial score (nSPS) is 22.3. The number of amides is 2. The van der Waals surface area contributed by atoms with Crippen molar-refractivity contribution < 1.29 is 38.9 Å². The summed E-state index contributed by atoms with van der Waals surface area (Å²) in [6.45, 7) is 0.233. The molecule has 3 aromatic rings. The van der Waals surface area contributed by atoms with Crippen LogP contribution in [-0.2, 0) is 25.8 Å². The third kappa shape index (κ3) is 5.57. The van der Waals surface area contributed by atoms with E-state index >= 15 is 0 Å². The van der Waals surface area contributed by atoms with Gasteiger partial charge in [-0.05, 0) is 46.3 Å². The number of imide groups is 1. The van der Waals surface area contributed by atoms with Gasteiger partial charge < -0.3 is 14.7 Å². The molecule has 3 aliphatic carbocycles. The Morgan fingerprint density at radius 1 is 0.942 bits per heavy atom. The molecule has 1 N–H and O–H groups in total. The van der Waals surface area contributed by atoms with Crippen LogP contribution < -0.4 is 14.5 Å². The lowest BCUT2D eigenvalue weighted by Crippen LogP contribution is -2.39. The quantitative estimate of drug-likeness (QED) is 0.0955. The van der Waals surface area contributed by atoms with E-state index in [2.05, 4.69) is 15.9 Å². The van der Waals surface area contributed by atoms with E-state index in [0.29, 0.717) is 16.9 Å². The molecule has 0 spiro atoms. The van der Waals surface area contributed by atoms with Crippen molar-refractivity contribution in [1.82, 2.24) is 0 Å². The maximum Gasteiger partial charge on any atom is 0.301 e. The van der Waals surface area contributed by atoms with Crippen molar-refractivity contribution in [3.63, 3.8) is 0 Å². The predicted octanol–water partition coefficient (Wildman–Crippen LogP) is 5.82. The van der Waals surface area contributed by atoms with Gasteiger partial charge >= 0.3 is 11.4 Å². The number of hydrogen-bond donors (Lipinski definition) is 1. The summed E-state index contributed by atoms with van der Waals surface area (Å²) < 4.78 is 5.91. The van der Waals surface area contributed by atoms with E-state index in [9.17, 15) is 44.5 Å². The lowest BCUT2D eigenvalue weighted by molar-refractivity contribution is -0.392. The summed E-state index contributed by atoms with van der Waals surface area (Å²) in [5, 5.41) is 35.5. The molecule has 0 saturated carbocycles. The van der Waals surface area contributed by atoms with Gasteiger partial charge in [-0.1, -0.05) is 48.0 Å².